The summed E-state index contributed by atoms with van der Waals surface area (Å²) in [6, 6.07) is 17.8. The van der Waals surface area contributed by atoms with Gasteiger partial charge in [0.25, 0.3) is 0 Å². The molecular weight excluding hydrogens is 344 g/mol. The van der Waals surface area contributed by atoms with E-state index in [4.69, 9.17) is 0 Å². The molecule has 1 heterocycles. The lowest BCUT2D eigenvalue weighted by molar-refractivity contribution is 0.0697. The highest BCUT2D eigenvalue weighted by Gasteiger charge is 2.18. The van der Waals surface area contributed by atoms with Gasteiger partial charge in [0.1, 0.15) is 22.9 Å². The van der Waals surface area contributed by atoms with Gasteiger partial charge in [0.2, 0.25) is 0 Å². The molecule has 27 heavy (non-hydrogen) atoms. The molecule has 132 valence electrons. The molecule has 6 nitrogen and oxygen atoms in total. The lowest BCUT2D eigenvalue weighted by atomic mass is 10.0. The van der Waals surface area contributed by atoms with E-state index in [2.05, 4.69) is 9.97 Å². The Balaban J connectivity index is 2.07. The van der Waals surface area contributed by atoms with Crippen molar-refractivity contribution in [3.63, 3.8) is 0 Å². The van der Waals surface area contributed by atoms with Gasteiger partial charge in [-0.2, -0.15) is 0 Å². The molecule has 1 aromatic heterocycles. The quantitative estimate of drug-likeness (QED) is 0.510. The summed E-state index contributed by atoms with van der Waals surface area (Å²) in [4.78, 5) is 20.4. The Kier molecular flexibility index (Phi) is 3.93. The number of phenols is 2. The SMILES string of the molecule is O=C(O)c1ccc2nc(-c3ccccc3O)c(-c3ccccc3O)nc2c1. The van der Waals surface area contributed by atoms with Gasteiger partial charge in [-0.15, -0.1) is 0 Å². The smallest absolute Gasteiger partial charge is 0.335 e. The maximum absolute atomic E-state index is 11.3. The predicted octanol–water partition coefficient (Wildman–Crippen LogP) is 4.07. The largest absolute Gasteiger partial charge is 0.507 e. The van der Waals surface area contributed by atoms with E-state index in [-0.39, 0.29) is 17.1 Å². The second kappa shape index (κ2) is 6.42. The van der Waals surface area contributed by atoms with E-state index in [0.717, 1.165) is 0 Å². The van der Waals surface area contributed by atoms with Crippen LogP contribution in [0.15, 0.2) is 66.7 Å². The zero-order chi connectivity index (χ0) is 19.0. The Morgan fingerprint density at radius 3 is 1.74 bits per heavy atom. The first kappa shape index (κ1) is 16.5. The average Bonchev–Trinajstić information content (AvgIpc) is 2.67. The van der Waals surface area contributed by atoms with Crippen LogP contribution in [0, 0.1) is 0 Å². The van der Waals surface area contributed by atoms with Crippen LogP contribution in [0.25, 0.3) is 33.5 Å². The van der Waals surface area contributed by atoms with E-state index in [1.807, 2.05) is 0 Å². The number of hydrogen-bond acceptors (Lipinski definition) is 5. The zero-order valence-corrected chi connectivity index (χ0v) is 14.0. The van der Waals surface area contributed by atoms with Crippen LogP contribution in [0.2, 0.25) is 0 Å². The Hall–Kier alpha value is -3.93. The molecule has 3 aromatic carbocycles. The first-order valence-electron chi connectivity index (χ1n) is 8.16. The van der Waals surface area contributed by atoms with Crippen molar-refractivity contribution in [3.8, 4) is 34.0 Å². The number of benzene rings is 3. The minimum absolute atomic E-state index is 0.0113. The standard InChI is InChI=1S/C21H14N2O4/c24-17-7-3-1-5-13(17)19-20(14-6-2-4-8-18(14)25)23-16-11-12(21(26)27)9-10-15(16)22-19/h1-11,24-25H,(H,26,27). The van der Waals surface area contributed by atoms with Crippen LogP contribution < -0.4 is 0 Å². The molecule has 0 aliphatic heterocycles. The normalized spacial score (nSPS) is 10.8. The fourth-order valence-electron chi connectivity index (χ4n) is 2.91. The molecule has 0 saturated heterocycles. The van der Waals surface area contributed by atoms with Gasteiger partial charge in [0.05, 0.1) is 16.6 Å². The van der Waals surface area contributed by atoms with Crippen molar-refractivity contribution in [1.29, 1.82) is 0 Å². The van der Waals surface area contributed by atoms with Gasteiger partial charge in [-0.25, -0.2) is 14.8 Å². The van der Waals surface area contributed by atoms with Crippen molar-refractivity contribution in [3.05, 3.63) is 72.3 Å². The first-order chi connectivity index (χ1) is 13.0. The van der Waals surface area contributed by atoms with Crippen LogP contribution in [0.3, 0.4) is 0 Å². The summed E-state index contributed by atoms with van der Waals surface area (Å²) in [6.07, 6.45) is 0. The number of rotatable bonds is 3. The summed E-state index contributed by atoms with van der Waals surface area (Å²) >= 11 is 0. The number of aromatic nitrogens is 2. The molecule has 0 radical (unpaired) electrons. The summed E-state index contributed by atoms with van der Waals surface area (Å²) in [7, 11) is 0. The molecular formula is C21H14N2O4. The molecule has 0 bridgehead atoms. The Morgan fingerprint density at radius 2 is 1.22 bits per heavy atom. The Morgan fingerprint density at radius 1 is 0.704 bits per heavy atom. The average molecular weight is 358 g/mol. The summed E-state index contributed by atoms with van der Waals surface area (Å²) in [5.74, 6) is -1.02. The summed E-state index contributed by atoms with van der Waals surface area (Å²) in [5.41, 5.74) is 2.60. The third-order valence-corrected chi connectivity index (χ3v) is 4.23. The summed E-state index contributed by atoms with van der Waals surface area (Å²) in [6.45, 7) is 0. The maximum Gasteiger partial charge on any atom is 0.335 e. The zero-order valence-electron chi connectivity index (χ0n) is 14.0. The van der Waals surface area contributed by atoms with Crippen LogP contribution in [-0.2, 0) is 0 Å². The molecule has 0 fully saturated rings. The minimum atomic E-state index is -1.06. The molecule has 0 saturated carbocycles. The highest BCUT2D eigenvalue weighted by Crippen LogP contribution is 2.38. The molecule has 6 heteroatoms. The van der Waals surface area contributed by atoms with Gasteiger partial charge in [0.15, 0.2) is 0 Å². The van der Waals surface area contributed by atoms with Crippen LogP contribution in [0.5, 0.6) is 11.5 Å². The number of nitrogens with zero attached hydrogens (tertiary/aromatic N) is 2. The monoisotopic (exact) mass is 358 g/mol. The molecule has 0 amide bonds. The molecule has 0 aliphatic carbocycles. The van der Waals surface area contributed by atoms with E-state index in [1.54, 1.807) is 48.5 Å². The fraction of sp³-hybridized carbons (Fsp3) is 0. The van der Waals surface area contributed by atoms with Crippen LogP contribution in [0.1, 0.15) is 10.4 Å². The second-order valence-electron chi connectivity index (χ2n) is 5.96. The predicted molar refractivity (Wildman–Crippen MR) is 101 cm³/mol. The van der Waals surface area contributed by atoms with Gasteiger partial charge < -0.3 is 15.3 Å². The number of fused-ring (bicyclic) bond motifs is 1. The van der Waals surface area contributed by atoms with Crippen LogP contribution in [0.4, 0.5) is 0 Å². The maximum atomic E-state index is 11.3. The van der Waals surface area contributed by atoms with Crippen molar-refractivity contribution in [2.24, 2.45) is 0 Å². The number of para-hydroxylation sites is 2. The molecule has 0 unspecified atom stereocenters. The first-order valence-corrected chi connectivity index (χ1v) is 8.16. The lowest BCUT2D eigenvalue weighted by Crippen LogP contribution is -1.99. The van der Waals surface area contributed by atoms with Crippen molar-refractivity contribution in [2.45, 2.75) is 0 Å². The topological polar surface area (TPSA) is 104 Å². The van der Waals surface area contributed by atoms with E-state index in [1.165, 1.54) is 18.2 Å². The minimum Gasteiger partial charge on any atom is -0.507 e. The van der Waals surface area contributed by atoms with E-state index in [0.29, 0.717) is 33.5 Å². The van der Waals surface area contributed by atoms with Gasteiger partial charge in [-0.05, 0) is 42.5 Å². The van der Waals surface area contributed by atoms with Crippen molar-refractivity contribution >= 4 is 17.0 Å². The van der Waals surface area contributed by atoms with Gasteiger partial charge >= 0.3 is 5.97 Å². The molecule has 4 rings (SSSR count). The number of carboxylic acid groups (broad SMARTS) is 1. The second-order valence-corrected chi connectivity index (χ2v) is 5.96. The van der Waals surface area contributed by atoms with Gasteiger partial charge in [-0.3, -0.25) is 0 Å². The summed E-state index contributed by atoms with van der Waals surface area (Å²) in [5, 5.41) is 29.8. The fourth-order valence-corrected chi connectivity index (χ4v) is 2.91. The van der Waals surface area contributed by atoms with Crippen molar-refractivity contribution in [2.75, 3.05) is 0 Å². The van der Waals surface area contributed by atoms with E-state index in [9.17, 15) is 20.1 Å². The summed E-state index contributed by atoms with van der Waals surface area (Å²) < 4.78 is 0. The number of aromatic hydroxyl groups is 2. The number of phenolic OH excluding ortho intramolecular Hbond substituents is 2. The van der Waals surface area contributed by atoms with Crippen LogP contribution >= 0.6 is 0 Å². The molecule has 0 atom stereocenters. The number of aromatic carboxylic acids is 1. The number of carboxylic acids is 1. The Bertz CT molecular complexity index is 1190. The molecule has 4 aromatic rings. The molecule has 0 spiro atoms. The highest BCUT2D eigenvalue weighted by atomic mass is 16.4. The van der Waals surface area contributed by atoms with Gasteiger partial charge in [-0.1, -0.05) is 24.3 Å². The number of hydrogen-bond donors (Lipinski definition) is 3. The Labute approximate surface area is 154 Å². The third kappa shape index (κ3) is 2.93. The van der Waals surface area contributed by atoms with Crippen LogP contribution in [-0.4, -0.2) is 31.3 Å². The van der Waals surface area contributed by atoms with Crippen molar-refractivity contribution in [1.82, 2.24) is 9.97 Å². The van der Waals surface area contributed by atoms with E-state index >= 15 is 0 Å². The molecule has 0 aliphatic rings. The van der Waals surface area contributed by atoms with Crippen molar-refractivity contribution < 1.29 is 20.1 Å². The molecule has 3 N–H and O–H groups in total. The lowest BCUT2D eigenvalue weighted by Gasteiger charge is -2.13. The van der Waals surface area contributed by atoms with E-state index < -0.39 is 5.97 Å². The van der Waals surface area contributed by atoms with Gasteiger partial charge in [0, 0.05) is 11.1 Å². The number of carbonyl (C=O) groups is 1. The highest BCUT2D eigenvalue weighted by molar-refractivity contribution is 5.94. The third-order valence-electron chi connectivity index (χ3n) is 4.23.